The van der Waals surface area contributed by atoms with Crippen LogP contribution in [0.1, 0.15) is 30.7 Å². The van der Waals surface area contributed by atoms with Gasteiger partial charge in [-0.05, 0) is 55.5 Å². The van der Waals surface area contributed by atoms with Crippen molar-refractivity contribution in [1.82, 2.24) is 10.2 Å². The van der Waals surface area contributed by atoms with E-state index in [0.717, 1.165) is 44.6 Å². The van der Waals surface area contributed by atoms with Crippen LogP contribution in [0.3, 0.4) is 0 Å². The molecule has 128 valence electrons. The standard InChI is InChI=1S/C18H22FN3O2/c19-13-1-2-14-15(8-17(23)21-16(14)7-13)18(24)22-5-3-11-9-20-10-12(11)4-6-22/h1-2,7,11-12,15,20H,3-6,8-10H2,(H,21,23)/t11-,12+,15?. The Morgan fingerprint density at radius 1 is 1.17 bits per heavy atom. The van der Waals surface area contributed by atoms with Crippen molar-refractivity contribution < 1.29 is 14.0 Å². The number of nitrogens with one attached hydrogen (secondary N) is 2. The van der Waals surface area contributed by atoms with Gasteiger partial charge in [-0.1, -0.05) is 6.07 Å². The molecule has 1 unspecified atom stereocenters. The lowest BCUT2D eigenvalue weighted by atomic mass is 9.89. The predicted octanol–water partition coefficient (Wildman–Crippen LogP) is 1.71. The van der Waals surface area contributed by atoms with Crippen LogP contribution in [0.2, 0.25) is 0 Å². The minimum atomic E-state index is -0.495. The Labute approximate surface area is 140 Å². The fraction of sp³-hybridized carbons (Fsp3) is 0.556. The van der Waals surface area contributed by atoms with E-state index in [0.29, 0.717) is 17.5 Å². The Morgan fingerprint density at radius 3 is 2.58 bits per heavy atom. The second-order valence-corrected chi connectivity index (χ2v) is 7.12. The molecule has 2 fully saturated rings. The van der Waals surface area contributed by atoms with Crippen LogP contribution in [0.4, 0.5) is 10.1 Å². The summed E-state index contributed by atoms with van der Waals surface area (Å²) < 4.78 is 13.4. The number of amides is 2. The summed E-state index contributed by atoms with van der Waals surface area (Å²) >= 11 is 0. The van der Waals surface area contributed by atoms with E-state index in [1.54, 1.807) is 6.07 Å². The zero-order chi connectivity index (χ0) is 16.7. The monoisotopic (exact) mass is 331 g/mol. The molecule has 3 aliphatic rings. The molecule has 2 N–H and O–H groups in total. The molecule has 3 atom stereocenters. The van der Waals surface area contributed by atoms with Crippen molar-refractivity contribution in [2.75, 3.05) is 31.5 Å². The molecule has 3 aliphatic heterocycles. The summed E-state index contributed by atoms with van der Waals surface area (Å²) in [5.41, 5.74) is 1.16. The molecule has 4 rings (SSSR count). The zero-order valence-corrected chi connectivity index (χ0v) is 13.6. The second kappa shape index (κ2) is 6.16. The van der Waals surface area contributed by atoms with Gasteiger partial charge in [-0.25, -0.2) is 4.39 Å². The van der Waals surface area contributed by atoms with E-state index in [4.69, 9.17) is 0 Å². The molecule has 24 heavy (non-hydrogen) atoms. The first-order valence-corrected chi connectivity index (χ1v) is 8.70. The molecule has 6 heteroatoms. The minimum absolute atomic E-state index is 0.00522. The van der Waals surface area contributed by atoms with Crippen molar-refractivity contribution in [3.05, 3.63) is 29.6 Å². The third kappa shape index (κ3) is 2.79. The first kappa shape index (κ1) is 15.6. The van der Waals surface area contributed by atoms with Crippen molar-refractivity contribution in [1.29, 1.82) is 0 Å². The number of anilines is 1. The summed E-state index contributed by atoms with van der Waals surface area (Å²) in [7, 11) is 0. The second-order valence-electron chi connectivity index (χ2n) is 7.12. The van der Waals surface area contributed by atoms with Gasteiger partial charge in [-0.3, -0.25) is 9.59 Å². The Hall–Kier alpha value is -1.95. The number of likely N-dealkylation sites (tertiary alicyclic amines) is 1. The van der Waals surface area contributed by atoms with Crippen LogP contribution in [-0.4, -0.2) is 42.9 Å². The van der Waals surface area contributed by atoms with Gasteiger partial charge in [0.15, 0.2) is 0 Å². The molecule has 1 aromatic rings. The third-order valence-corrected chi connectivity index (χ3v) is 5.68. The number of rotatable bonds is 1. The normalized spacial score (nSPS) is 29.5. The number of nitrogens with zero attached hydrogens (tertiary/aromatic N) is 1. The molecule has 0 aromatic heterocycles. The van der Waals surface area contributed by atoms with Gasteiger partial charge in [-0.15, -0.1) is 0 Å². The number of benzene rings is 1. The summed E-state index contributed by atoms with van der Waals surface area (Å²) in [6, 6.07) is 4.28. The van der Waals surface area contributed by atoms with E-state index >= 15 is 0 Å². The molecule has 0 aliphatic carbocycles. The maximum absolute atomic E-state index is 13.4. The zero-order valence-electron chi connectivity index (χ0n) is 13.6. The summed E-state index contributed by atoms with van der Waals surface area (Å²) in [6.07, 6.45) is 2.17. The van der Waals surface area contributed by atoms with Gasteiger partial charge in [-0.2, -0.15) is 0 Å². The SMILES string of the molecule is O=C1CC(C(=O)N2CC[C@@H]3CNC[C@@H]3CC2)c2ccc(F)cc2N1. The highest BCUT2D eigenvalue weighted by atomic mass is 19.1. The lowest BCUT2D eigenvalue weighted by molar-refractivity contribution is -0.135. The topological polar surface area (TPSA) is 61.4 Å². The summed E-state index contributed by atoms with van der Waals surface area (Å²) in [6.45, 7) is 3.58. The maximum Gasteiger partial charge on any atom is 0.230 e. The van der Waals surface area contributed by atoms with Gasteiger partial charge in [0.2, 0.25) is 11.8 Å². The first-order valence-electron chi connectivity index (χ1n) is 8.70. The Morgan fingerprint density at radius 2 is 1.88 bits per heavy atom. The van der Waals surface area contributed by atoms with E-state index in [9.17, 15) is 14.0 Å². The quantitative estimate of drug-likeness (QED) is 0.823. The molecule has 0 saturated carbocycles. The van der Waals surface area contributed by atoms with Crippen molar-refractivity contribution >= 4 is 17.5 Å². The van der Waals surface area contributed by atoms with Crippen molar-refractivity contribution in [2.45, 2.75) is 25.2 Å². The molecule has 0 spiro atoms. The van der Waals surface area contributed by atoms with Gasteiger partial charge in [0.1, 0.15) is 5.82 Å². The maximum atomic E-state index is 13.4. The Kier molecular flexibility index (Phi) is 4.00. The fourth-order valence-electron chi connectivity index (χ4n) is 4.32. The average Bonchev–Trinajstić information content (AvgIpc) is 2.91. The van der Waals surface area contributed by atoms with E-state index in [1.807, 2.05) is 4.90 Å². The fourth-order valence-corrected chi connectivity index (χ4v) is 4.32. The van der Waals surface area contributed by atoms with Gasteiger partial charge in [0.25, 0.3) is 0 Å². The largest absolute Gasteiger partial charge is 0.342 e. The van der Waals surface area contributed by atoms with Gasteiger partial charge in [0, 0.05) is 25.2 Å². The van der Waals surface area contributed by atoms with Crippen LogP contribution in [0.15, 0.2) is 18.2 Å². The lowest BCUT2D eigenvalue weighted by Crippen LogP contribution is -2.39. The number of fused-ring (bicyclic) bond motifs is 2. The third-order valence-electron chi connectivity index (χ3n) is 5.68. The van der Waals surface area contributed by atoms with E-state index in [2.05, 4.69) is 10.6 Å². The van der Waals surface area contributed by atoms with E-state index in [1.165, 1.54) is 12.1 Å². The number of hydrogen-bond donors (Lipinski definition) is 2. The van der Waals surface area contributed by atoms with Crippen molar-refractivity contribution in [3.63, 3.8) is 0 Å². The minimum Gasteiger partial charge on any atom is -0.342 e. The molecular weight excluding hydrogens is 309 g/mol. The summed E-state index contributed by atoms with van der Waals surface area (Å²) in [5.74, 6) is 0.188. The summed E-state index contributed by atoms with van der Waals surface area (Å²) in [5, 5.41) is 6.11. The van der Waals surface area contributed by atoms with E-state index < -0.39 is 11.7 Å². The van der Waals surface area contributed by atoms with Crippen LogP contribution in [-0.2, 0) is 9.59 Å². The molecule has 0 bridgehead atoms. The van der Waals surface area contributed by atoms with E-state index in [-0.39, 0.29) is 18.2 Å². The van der Waals surface area contributed by atoms with Crippen molar-refractivity contribution in [3.8, 4) is 0 Å². The van der Waals surface area contributed by atoms with Crippen LogP contribution in [0.5, 0.6) is 0 Å². The Bertz CT molecular complexity index is 664. The number of carbonyl (C=O) groups is 2. The van der Waals surface area contributed by atoms with Crippen LogP contribution in [0.25, 0.3) is 0 Å². The number of halogens is 1. The molecule has 0 radical (unpaired) electrons. The van der Waals surface area contributed by atoms with Gasteiger partial charge in [0.05, 0.1) is 5.92 Å². The average molecular weight is 331 g/mol. The lowest BCUT2D eigenvalue weighted by Gasteiger charge is -2.30. The molecule has 1 aromatic carbocycles. The van der Waals surface area contributed by atoms with Gasteiger partial charge < -0.3 is 15.5 Å². The first-order chi connectivity index (χ1) is 11.6. The molecular formula is C18H22FN3O2. The smallest absolute Gasteiger partial charge is 0.230 e. The molecule has 2 saturated heterocycles. The van der Waals surface area contributed by atoms with Crippen LogP contribution in [0, 0.1) is 17.7 Å². The van der Waals surface area contributed by atoms with Gasteiger partial charge >= 0.3 is 0 Å². The van der Waals surface area contributed by atoms with Crippen LogP contribution < -0.4 is 10.6 Å². The number of hydrogen-bond acceptors (Lipinski definition) is 3. The Balaban J connectivity index is 1.55. The molecule has 2 amide bonds. The molecule has 5 nitrogen and oxygen atoms in total. The predicted molar refractivity (Wildman–Crippen MR) is 88.1 cm³/mol. The highest BCUT2D eigenvalue weighted by Crippen LogP contribution is 2.35. The van der Waals surface area contributed by atoms with Crippen molar-refractivity contribution in [2.24, 2.45) is 11.8 Å². The highest BCUT2D eigenvalue weighted by Gasteiger charge is 2.36. The molecule has 3 heterocycles. The highest BCUT2D eigenvalue weighted by molar-refractivity contribution is 6.01. The summed E-state index contributed by atoms with van der Waals surface area (Å²) in [4.78, 5) is 26.9. The number of carbonyl (C=O) groups excluding carboxylic acids is 2. The van der Waals surface area contributed by atoms with Crippen LogP contribution >= 0.6 is 0 Å².